The van der Waals surface area contributed by atoms with E-state index in [1.807, 2.05) is 18.7 Å². The van der Waals surface area contributed by atoms with Crippen molar-refractivity contribution < 1.29 is 27.5 Å². The number of nitrogens with zero attached hydrogens (tertiary/aromatic N) is 6. The third kappa shape index (κ3) is 6.29. The number of hydrogen-bond acceptors (Lipinski definition) is 10. The van der Waals surface area contributed by atoms with Crippen molar-refractivity contribution in [3.63, 3.8) is 0 Å². The van der Waals surface area contributed by atoms with E-state index in [2.05, 4.69) is 85.4 Å². The van der Waals surface area contributed by atoms with E-state index in [4.69, 9.17) is 32.5 Å². The zero-order chi connectivity index (χ0) is 34.0. The van der Waals surface area contributed by atoms with Gasteiger partial charge in [-0.25, -0.2) is 9.98 Å². The molecule has 3 saturated heterocycles. The van der Waals surface area contributed by atoms with Gasteiger partial charge in [0, 0.05) is 24.2 Å². The largest absolute Gasteiger partial charge is 0.407 e. The van der Waals surface area contributed by atoms with Gasteiger partial charge in [0.25, 0.3) is 5.56 Å². The van der Waals surface area contributed by atoms with E-state index >= 15 is 0 Å². The minimum Gasteiger partial charge on any atom is -0.407 e. The Bertz CT molecular complexity index is 1480. The highest BCUT2D eigenvalue weighted by Gasteiger charge is 2.66. The number of fused-ring (bicyclic) bond motifs is 2. The average molecular weight is 679 g/mol. The summed E-state index contributed by atoms with van der Waals surface area (Å²) >= 11 is 0. The normalized spacial score (nSPS) is 26.4. The summed E-state index contributed by atoms with van der Waals surface area (Å²) in [4.78, 5) is 29.8. The highest BCUT2D eigenvalue weighted by molar-refractivity contribution is 6.74. The Morgan fingerprint density at radius 1 is 1.09 bits per heavy atom. The van der Waals surface area contributed by atoms with E-state index < -0.39 is 35.5 Å². The molecule has 5 rings (SSSR count). The van der Waals surface area contributed by atoms with Crippen LogP contribution in [0.3, 0.4) is 0 Å². The molecular formula is C31H54N6O7Si2. The number of aliphatic imine (C=N–C) groups is 1. The van der Waals surface area contributed by atoms with Gasteiger partial charge in [0.05, 0.1) is 39.0 Å². The lowest BCUT2D eigenvalue weighted by Gasteiger charge is -2.54. The average Bonchev–Trinajstić information content (AvgIpc) is 3.66. The van der Waals surface area contributed by atoms with Crippen LogP contribution in [0.1, 0.15) is 68.5 Å². The summed E-state index contributed by atoms with van der Waals surface area (Å²) in [5.41, 5.74) is 0.234. The van der Waals surface area contributed by atoms with Crippen LogP contribution in [0.2, 0.25) is 28.2 Å². The van der Waals surface area contributed by atoms with Gasteiger partial charge in [0.1, 0.15) is 18.3 Å². The standard InChI is InChI=1S/C31H54N6O7Si2/c1-29(2,3)45(12,13)43-24-23-20(17-41-46(44-23,30(4,5)6)31(7,8)9)42-27(24)37-19-32-22-25(37)34-28(33-18-35(10)11)36(26(22)38)16-21-39-14-15-40-21/h18-21,23-24,27H,14-17H2,1-13H3/t20-,23-,24-,27-/m1/s1. The molecular weight excluding hydrogens is 625 g/mol. The molecule has 258 valence electrons. The van der Waals surface area contributed by atoms with E-state index in [1.165, 1.54) is 4.57 Å². The molecule has 0 radical (unpaired) electrons. The van der Waals surface area contributed by atoms with E-state index in [0.29, 0.717) is 25.5 Å². The van der Waals surface area contributed by atoms with Crippen LogP contribution in [0.25, 0.3) is 11.2 Å². The predicted molar refractivity (Wildman–Crippen MR) is 181 cm³/mol. The number of aromatic nitrogens is 4. The van der Waals surface area contributed by atoms with Crippen molar-refractivity contribution in [3.05, 3.63) is 16.7 Å². The van der Waals surface area contributed by atoms with Gasteiger partial charge in [-0.1, -0.05) is 62.3 Å². The monoisotopic (exact) mass is 678 g/mol. The van der Waals surface area contributed by atoms with Crippen molar-refractivity contribution in [2.75, 3.05) is 33.9 Å². The van der Waals surface area contributed by atoms with Crippen molar-refractivity contribution >= 4 is 40.3 Å². The maximum absolute atomic E-state index is 14.0. The zero-order valence-corrected chi connectivity index (χ0v) is 31.9. The molecule has 2 aromatic rings. The molecule has 15 heteroatoms. The first-order valence-corrected chi connectivity index (χ1v) is 21.0. The summed E-state index contributed by atoms with van der Waals surface area (Å²) in [5.74, 6) is 0.218. The Hall–Kier alpha value is -1.99. The first kappa shape index (κ1) is 35.3. The molecule has 0 spiro atoms. The van der Waals surface area contributed by atoms with Crippen LogP contribution in [0.5, 0.6) is 0 Å². The van der Waals surface area contributed by atoms with Crippen molar-refractivity contribution in [1.29, 1.82) is 0 Å². The molecule has 3 fully saturated rings. The fraction of sp³-hybridized carbons (Fsp3) is 0.806. The Morgan fingerprint density at radius 2 is 1.72 bits per heavy atom. The second-order valence-corrected chi connectivity index (χ2v) is 26.0. The summed E-state index contributed by atoms with van der Waals surface area (Å²) in [7, 11) is -1.49. The van der Waals surface area contributed by atoms with Gasteiger partial charge in [-0.2, -0.15) is 4.98 Å². The molecule has 0 N–H and O–H groups in total. The topological polar surface area (TPSA) is 124 Å². The van der Waals surface area contributed by atoms with Gasteiger partial charge in [0.15, 0.2) is 32.0 Å². The molecule has 0 bridgehead atoms. The number of imidazole rings is 1. The van der Waals surface area contributed by atoms with Crippen LogP contribution in [0.15, 0.2) is 16.1 Å². The lowest BCUT2D eigenvalue weighted by Crippen LogP contribution is -2.66. The molecule has 5 heterocycles. The van der Waals surface area contributed by atoms with Gasteiger partial charge in [-0.15, -0.1) is 0 Å². The molecule has 4 atom stereocenters. The molecule has 46 heavy (non-hydrogen) atoms. The number of hydrogen-bond donors (Lipinski definition) is 0. The maximum Gasteiger partial charge on any atom is 0.349 e. The minimum absolute atomic E-state index is 0.0647. The van der Waals surface area contributed by atoms with Crippen LogP contribution in [0, 0.1) is 0 Å². The third-order valence-electron chi connectivity index (χ3n) is 9.61. The van der Waals surface area contributed by atoms with Crippen LogP contribution in [0.4, 0.5) is 5.95 Å². The van der Waals surface area contributed by atoms with E-state index in [-0.39, 0.29) is 50.9 Å². The van der Waals surface area contributed by atoms with Crippen molar-refractivity contribution in [2.24, 2.45) is 4.99 Å². The van der Waals surface area contributed by atoms with Crippen LogP contribution < -0.4 is 5.56 Å². The van der Waals surface area contributed by atoms with E-state index in [1.54, 1.807) is 17.6 Å². The van der Waals surface area contributed by atoms with Gasteiger partial charge >= 0.3 is 8.56 Å². The van der Waals surface area contributed by atoms with E-state index in [9.17, 15) is 4.79 Å². The van der Waals surface area contributed by atoms with Gasteiger partial charge in [0.2, 0.25) is 5.95 Å². The second kappa shape index (κ2) is 12.2. The smallest absolute Gasteiger partial charge is 0.349 e. The molecule has 3 aliphatic rings. The highest BCUT2D eigenvalue weighted by atomic mass is 28.4. The fourth-order valence-corrected chi connectivity index (χ4v) is 12.7. The molecule has 0 aromatic carbocycles. The number of rotatable bonds is 7. The SMILES string of the molecule is CN(C)C=Nc1nc2c(ncn2[C@@H]2O[C@@H]3CO[Si](C(C)(C)C)(C(C)(C)C)O[C@H]3[C@H]2O[Si](C)(C)C(C)(C)C)c(=O)n1CC1OCCO1. The predicted octanol–water partition coefficient (Wildman–Crippen LogP) is 4.93. The van der Waals surface area contributed by atoms with Crippen molar-refractivity contribution in [2.45, 2.75) is 128 Å². The minimum atomic E-state index is -2.85. The Morgan fingerprint density at radius 3 is 2.28 bits per heavy atom. The van der Waals surface area contributed by atoms with Crippen LogP contribution >= 0.6 is 0 Å². The number of ether oxygens (including phenoxy) is 3. The maximum atomic E-state index is 14.0. The Labute approximate surface area is 275 Å². The van der Waals surface area contributed by atoms with Crippen LogP contribution in [-0.4, -0.2) is 106 Å². The fourth-order valence-electron chi connectivity index (χ4n) is 6.46. The lowest BCUT2D eigenvalue weighted by atomic mass is 10.1. The molecule has 0 saturated carbocycles. The second-order valence-electron chi connectivity index (χ2n) is 16.4. The first-order chi connectivity index (χ1) is 21.2. The Balaban J connectivity index is 1.63. The third-order valence-corrected chi connectivity index (χ3v) is 19.2. The van der Waals surface area contributed by atoms with E-state index in [0.717, 1.165) is 0 Å². The molecule has 2 aromatic heterocycles. The van der Waals surface area contributed by atoms with Crippen molar-refractivity contribution in [1.82, 2.24) is 24.0 Å². The molecule has 0 aliphatic carbocycles. The quantitative estimate of drug-likeness (QED) is 0.226. The molecule has 0 amide bonds. The molecule has 3 aliphatic heterocycles. The first-order valence-electron chi connectivity index (χ1n) is 16.2. The zero-order valence-electron chi connectivity index (χ0n) is 29.9. The van der Waals surface area contributed by atoms with Gasteiger partial charge < -0.3 is 32.4 Å². The summed E-state index contributed by atoms with van der Waals surface area (Å²) in [6, 6.07) is 0. The summed E-state index contributed by atoms with van der Waals surface area (Å²) in [6.07, 6.45) is 0.778. The highest BCUT2D eigenvalue weighted by Crippen LogP contribution is 2.56. The molecule has 0 unspecified atom stereocenters. The summed E-state index contributed by atoms with van der Waals surface area (Å²) < 4.78 is 42.6. The van der Waals surface area contributed by atoms with Crippen molar-refractivity contribution in [3.8, 4) is 0 Å². The summed E-state index contributed by atoms with van der Waals surface area (Å²) in [6.45, 7) is 25.9. The molecule has 13 nitrogen and oxygen atoms in total. The van der Waals surface area contributed by atoms with Gasteiger partial charge in [-0.3, -0.25) is 13.9 Å². The lowest BCUT2D eigenvalue weighted by molar-refractivity contribution is -0.0795. The Kier molecular flexibility index (Phi) is 9.34. The van der Waals surface area contributed by atoms with Gasteiger partial charge in [-0.05, 0) is 18.1 Å². The van der Waals surface area contributed by atoms with Crippen LogP contribution in [-0.2, 0) is 34.0 Å². The summed E-state index contributed by atoms with van der Waals surface area (Å²) in [5, 5.41) is -0.489.